The number of anilines is 2. The lowest BCUT2D eigenvalue weighted by molar-refractivity contribution is -0.147. The molecule has 0 atom stereocenters. The molecule has 3 aromatic rings. The van der Waals surface area contributed by atoms with E-state index >= 15 is 0 Å². The largest absolute Gasteiger partial charge is 0.457 e. The third-order valence-electron chi connectivity index (χ3n) is 5.33. The number of amides is 2. The summed E-state index contributed by atoms with van der Waals surface area (Å²) in [6, 6.07) is 20.4. The predicted molar refractivity (Wildman–Crippen MR) is 136 cm³/mol. The van der Waals surface area contributed by atoms with Crippen LogP contribution in [-0.2, 0) is 25.5 Å². The molecule has 0 radical (unpaired) electrons. The topological polar surface area (TPSA) is 93.7 Å². The van der Waals surface area contributed by atoms with Crippen molar-refractivity contribution in [2.45, 2.75) is 40.0 Å². The number of carbonyl (C=O) groups excluding carboxylic acids is 3. The number of rotatable bonds is 10. The third-order valence-corrected chi connectivity index (χ3v) is 5.33. The summed E-state index contributed by atoms with van der Waals surface area (Å²) in [5.74, 6) is 0.0875. The average Bonchev–Trinajstić information content (AvgIpc) is 2.85. The molecule has 0 aliphatic rings. The molecule has 0 aliphatic heterocycles. The Morgan fingerprint density at radius 2 is 1.31 bits per heavy atom. The fraction of sp³-hybridized carbons (Fsp3) is 0.250. The molecule has 7 heteroatoms. The number of para-hydroxylation sites is 1. The number of hydrogen-bond acceptors (Lipinski definition) is 5. The van der Waals surface area contributed by atoms with E-state index in [1.165, 1.54) is 0 Å². The summed E-state index contributed by atoms with van der Waals surface area (Å²) in [7, 11) is 0. The zero-order valence-electron chi connectivity index (χ0n) is 20.2. The van der Waals surface area contributed by atoms with Gasteiger partial charge in [-0.2, -0.15) is 0 Å². The second-order valence-electron chi connectivity index (χ2n) is 8.15. The van der Waals surface area contributed by atoms with Crippen LogP contribution in [0.1, 0.15) is 36.5 Å². The first-order valence-electron chi connectivity index (χ1n) is 11.5. The van der Waals surface area contributed by atoms with E-state index in [1.807, 2.05) is 51.1 Å². The lowest BCUT2D eigenvalue weighted by Gasteiger charge is -2.12. The third kappa shape index (κ3) is 7.99. The lowest BCUT2D eigenvalue weighted by Crippen LogP contribution is -2.21. The van der Waals surface area contributed by atoms with E-state index in [2.05, 4.69) is 10.6 Å². The smallest absolute Gasteiger partial charge is 0.306 e. The second kappa shape index (κ2) is 12.4. The molecule has 0 unspecified atom stereocenters. The van der Waals surface area contributed by atoms with Crippen molar-refractivity contribution < 1.29 is 23.9 Å². The quantitative estimate of drug-likeness (QED) is 0.375. The highest BCUT2D eigenvalue weighted by atomic mass is 16.5. The van der Waals surface area contributed by atoms with Crippen molar-refractivity contribution in [3.05, 3.63) is 83.4 Å². The molecule has 2 N–H and O–H groups in total. The predicted octanol–water partition coefficient (Wildman–Crippen LogP) is 5.56. The van der Waals surface area contributed by atoms with Gasteiger partial charge in [0, 0.05) is 17.8 Å². The van der Waals surface area contributed by atoms with Crippen LogP contribution in [0.4, 0.5) is 11.4 Å². The fourth-order valence-electron chi connectivity index (χ4n) is 3.36. The van der Waals surface area contributed by atoms with Crippen molar-refractivity contribution in [1.82, 2.24) is 0 Å². The van der Waals surface area contributed by atoms with Gasteiger partial charge in [-0.15, -0.1) is 0 Å². The van der Waals surface area contributed by atoms with Gasteiger partial charge in [-0.05, 0) is 73.4 Å². The summed E-state index contributed by atoms with van der Waals surface area (Å²) in [6.07, 6.45) is 0.727. The molecular weight excluding hydrogens is 444 g/mol. The first-order valence-corrected chi connectivity index (χ1v) is 11.5. The van der Waals surface area contributed by atoms with Crippen molar-refractivity contribution in [2.75, 3.05) is 17.2 Å². The Morgan fingerprint density at radius 3 is 1.91 bits per heavy atom. The van der Waals surface area contributed by atoms with Gasteiger partial charge in [0.05, 0.1) is 6.42 Å². The summed E-state index contributed by atoms with van der Waals surface area (Å²) < 4.78 is 10.9. The van der Waals surface area contributed by atoms with Crippen LogP contribution in [0.15, 0.2) is 66.7 Å². The van der Waals surface area contributed by atoms with Crippen LogP contribution in [0.2, 0.25) is 0 Å². The molecule has 0 saturated carbocycles. The summed E-state index contributed by atoms with van der Waals surface area (Å²) in [5.41, 5.74) is 4.46. The SMILES string of the molecule is CCc1ccc(NC(=O)COC(=O)CCC(=O)Nc2ccc(Oc3c(C)cccc3C)cc2)cc1. The van der Waals surface area contributed by atoms with Crippen LogP contribution in [0.3, 0.4) is 0 Å². The first-order chi connectivity index (χ1) is 16.8. The minimum atomic E-state index is -0.617. The number of aryl methyl sites for hydroxylation is 3. The number of esters is 1. The van der Waals surface area contributed by atoms with Gasteiger partial charge >= 0.3 is 5.97 Å². The number of carbonyl (C=O) groups is 3. The van der Waals surface area contributed by atoms with E-state index in [0.717, 1.165) is 28.9 Å². The zero-order chi connectivity index (χ0) is 25.2. The van der Waals surface area contributed by atoms with Crippen molar-refractivity contribution >= 4 is 29.2 Å². The van der Waals surface area contributed by atoms with Gasteiger partial charge in [0.1, 0.15) is 11.5 Å². The average molecular weight is 475 g/mol. The summed E-state index contributed by atoms with van der Waals surface area (Å²) in [5, 5.41) is 5.40. The Hall–Kier alpha value is -4.13. The highest BCUT2D eigenvalue weighted by molar-refractivity contribution is 5.94. The van der Waals surface area contributed by atoms with E-state index in [0.29, 0.717) is 17.1 Å². The highest BCUT2D eigenvalue weighted by Gasteiger charge is 2.12. The Labute approximate surface area is 205 Å². The van der Waals surface area contributed by atoms with Gasteiger partial charge in [0.15, 0.2) is 6.61 Å². The van der Waals surface area contributed by atoms with Crippen LogP contribution < -0.4 is 15.4 Å². The van der Waals surface area contributed by atoms with Crippen LogP contribution in [-0.4, -0.2) is 24.4 Å². The van der Waals surface area contributed by atoms with E-state index in [9.17, 15) is 14.4 Å². The van der Waals surface area contributed by atoms with Crippen LogP contribution in [0.25, 0.3) is 0 Å². The molecular formula is C28H30N2O5. The fourth-order valence-corrected chi connectivity index (χ4v) is 3.36. The Bertz CT molecular complexity index is 1150. The minimum absolute atomic E-state index is 0.0560. The molecule has 0 fully saturated rings. The van der Waals surface area contributed by atoms with Gasteiger partial charge in [0.25, 0.3) is 5.91 Å². The standard InChI is InChI=1S/C28H30N2O5/c1-4-21-8-10-22(11-9-21)30-26(32)18-34-27(33)17-16-25(31)29-23-12-14-24(15-13-23)35-28-19(2)6-5-7-20(28)3/h5-15H,4,16-18H2,1-3H3,(H,29,31)(H,30,32). The number of hydrogen-bond donors (Lipinski definition) is 2. The zero-order valence-corrected chi connectivity index (χ0v) is 20.2. The molecule has 3 rings (SSSR count). The maximum absolute atomic E-state index is 12.2. The maximum atomic E-state index is 12.2. The monoisotopic (exact) mass is 474 g/mol. The van der Waals surface area contributed by atoms with E-state index in [-0.39, 0.29) is 18.7 Å². The molecule has 0 aromatic heterocycles. The van der Waals surface area contributed by atoms with Gasteiger partial charge in [-0.25, -0.2) is 0 Å². The second-order valence-corrected chi connectivity index (χ2v) is 8.15. The minimum Gasteiger partial charge on any atom is -0.457 e. The summed E-state index contributed by atoms with van der Waals surface area (Å²) in [4.78, 5) is 36.1. The van der Waals surface area contributed by atoms with E-state index < -0.39 is 18.5 Å². The maximum Gasteiger partial charge on any atom is 0.306 e. The van der Waals surface area contributed by atoms with Gasteiger partial charge in [0.2, 0.25) is 5.91 Å². The van der Waals surface area contributed by atoms with Gasteiger partial charge in [-0.1, -0.05) is 37.3 Å². The van der Waals surface area contributed by atoms with E-state index in [1.54, 1.807) is 36.4 Å². The van der Waals surface area contributed by atoms with Crippen LogP contribution >= 0.6 is 0 Å². The molecule has 0 spiro atoms. The molecule has 0 bridgehead atoms. The molecule has 0 heterocycles. The Balaban J connectivity index is 1.38. The van der Waals surface area contributed by atoms with Crippen LogP contribution in [0, 0.1) is 13.8 Å². The molecule has 0 saturated heterocycles. The number of nitrogens with one attached hydrogen (secondary N) is 2. The Kier molecular flexibility index (Phi) is 9.01. The lowest BCUT2D eigenvalue weighted by atomic mass is 10.1. The van der Waals surface area contributed by atoms with Crippen molar-refractivity contribution in [3.63, 3.8) is 0 Å². The molecule has 35 heavy (non-hydrogen) atoms. The highest BCUT2D eigenvalue weighted by Crippen LogP contribution is 2.29. The summed E-state index contributed by atoms with van der Waals surface area (Å²) in [6.45, 7) is 5.61. The van der Waals surface area contributed by atoms with Gasteiger partial charge < -0.3 is 20.1 Å². The van der Waals surface area contributed by atoms with Gasteiger partial charge in [-0.3, -0.25) is 14.4 Å². The number of ether oxygens (including phenoxy) is 2. The normalized spacial score (nSPS) is 10.4. The summed E-state index contributed by atoms with van der Waals surface area (Å²) >= 11 is 0. The van der Waals surface area contributed by atoms with Crippen molar-refractivity contribution in [3.8, 4) is 11.5 Å². The molecule has 3 aromatic carbocycles. The van der Waals surface area contributed by atoms with Crippen molar-refractivity contribution in [1.29, 1.82) is 0 Å². The molecule has 7 nitrogen and oxygen atoms in total. The molecule has 182 valence electrons. The Morgan fingerprint density at radius 1 is 0.743 bits per heavy atom. The molecule has 0 aliphatic carbocycles. The first kappa shape index (κ1) is 25.5. The number of benzene rings is 3. The van der Waals surface area contributed by atoms with Crippen LogP contribution in [0.5, 0.6) is 11.5 Å². The van der Waals surface area contributed by atoms with Crippen molar-refractivity contribution in [2.24, 2.45) is 0 Å². The molecule has 2 amide bonds. The van der Waals surface area contributed by atoms with E-state index in [4.69, 9.17) is 9.47 Å².